The molecule has 1 aromatic heterocycles. The van der Waals surface area contributed by atoms with Crippen LogP contribution in [-0.4, -0.2) is 24.0 Å². The van der Waals surface area contributed by atoms with E-state index in [1.54, 1.807) is 6.26 Å². The number of furan rings is 1. The molecule has 0 bridgehead atoms. The molecule has 16 heavy (non-hydrogen) atoms. The number of hydrogen-bond donors (Lipinski definition) is 1. The minimum Gasteiger partial charge on any atom is -0.468 e. The summed E-state index contributed by atoms with van der Waals surface area (Å²) in [5, 5.41) is 3.14. The molecule has 1 aliphatic rings. The summed E-state index contributed by atoms with van der Waals surface area (Å²) in [5.74, 6) is 1.07. The van der Waals surface area contributed by atoms with Crippen molar-refractivity contribution in [3.05, 3.63) is 23.7 Å². The SMILES string of the molecule is CNCc1occc1CN1CCCC1(C)C. The average Bonchev–Trinajstić information content (AvgIpc) is 2.77. The molecule has 0 spiro atoms. The highest BCUT2D eigenvalue weighted by atomic mass is 16.3. The van der Waals surface area contributed by atoms with Crippen molar-refractivity contribution in [3.8, 4) is 0 Å². The molecule has 3 heteroatoms. The topological polar surface area (TPSA) is 28.4 Å². The minimum atomic E-state index is 0.341. The van der Waals surface area contributed by atoms with E-state index in [9.17, 15) is 0 Å². The van der Waals surface area contributed by atoms with Crippen LogP contribution in [0.15, 0.2) is 16.7 Å². The molecule has 0 aliphatic carbocycles. The van der Waals surface area contributed by atoms with Gasteiger partial charge in [-0.3, -0.25) is 4.90 Å². The Morgan fingerprint density at radius 3 is 2.94 bits per heavy atom. The Balaban J connectivity index is 2.06. The Bertz CT molecular complexity index is 343. The van der Waals surface area contributed by atoms with Gasteiger partial charge in [-0.05, 0) is 46.3 Å². The van der Waals surface area contributed by atoms with E-state index in [0.29, 0.717) is 5.54 Å². The lowest BCUT2D eigenvalue weighted by molar-refractivity contribution is 0.165. The van der Waals surface area contributed by atoms with E-state index < -0.39 is 0 Å². The number of hydrogen-bond acceptors (Lipinski definition) is 3. The van der Waals surface area contributed by atoms with E-state index in [2.05, 4.69) is 30.1 Å². The monoisotopic (exact) mass is 222 g/mol. The minimum absolute atomic E-state index is 0.341. The largest absolute Gasteiger partial charge is 0.468 e. The Labute approximate surface area is 97.8 Å². The van der Waals surface area contributed by atoms with E-state index >= 15 is 0 Å². The van der Waals surface area contributed by atoms with Gasteiger partial charge in [0.15, 0.2) is 0 Å². The first-order valence-electron chi connectivity index (χ1n) is 6.08. The normalized spacial score (nSPS) is 20.4. The van der Waals surface area contributed by atoms with Gasteiger partial charge in [0.05, 0.1) is 12.8 Å². The van der Waals surface area contributed by atoms with Crippen LogP contribution in [-0.2, 0) is 13.1 Å². The summed E-state index contributed by atoms with van der Waals surface area (Å²) in [7, 11) is 1.95. The highest BCUT2D eigenvalue weighted by Gasteiger charge is 2.32. The zero-order valence-electron chi connectivity index (χ0n) is 10.5. The van der Waals surface area contributed by atoms with Crippen molar-refractivity contribution in [1.29, 1.82) is 0 Å². The van der Waals surface area contributed by atoms with Crippen LogP contribution in [0, 0.1) is 0 Å². The van der Waals surface area contributed by atoms with E-state index in [1.165, 1.54) is 24.9 Å². The van der Waals surface area contributed by atoms with Gasteiger partial charge in [0, 0.05) is 17.6 Å². The van der Waals surface area contributed by atoms with Crippen molar-refractivity contribution in [1.82, 2.24) is 10.2 Å². The lowest BCUT2D eigenvalue weighted by Gasteiger charge is -2.31. The van der Waals surface area contributed by atoms with E-state index in [-0.39, 0.29) is 0 Å². The number of rotatable bonds is 4. The van der Waals surface area contributed by atoms with Crippen molar-refractivity contribution < 1.29 is 4.42 Å². The molecule has 3 nitrogen and oxygen atoms in total. The maximum Gasteiger partial charge on any atom is 0.122 e. The Kier molecular flexibility index (Phi) is 3.36. The first-order valence-corrected chi connectivity index (χ1v) is 6.08. The van der Waals surface area contributed by atoms with Crippen molar-refractivity contribution >= 4 is 0 Å². The quantitative estimate of drug-likeness (QED) is 0.848. The summed E-state index contributed by atoms with van der Waals surface area (Å²) < 4.78 is 5.49. The van der Waals surface area contributed by atoms with Crippen molar-refractivity contribution in [2.24, 2.45) is 0 Å². The van der Waals surface area contributed by atoms with Gasteiger partial charge in [0.2, 0.25) is 0 Å². The molecule has 90 valence electrons. The maximum absolute atomic E-state index is 5.49. The lowest BCUT2D eigenvalue weighted by atomic mass is 10.0. The third-order valence-corrected chi connectivity index (χ3v) is 3.61. The highest BCUT2D eigenvalue weighted by Crippen LogP contribution is 2.30. The van der Waals surface area contributed by atoms with Crippen LogP contribution < -0.4 is 5.32 Å². The number of nitrogens with zero attached hydrogens (tertiary/aromatic N) is 1. The van der Waals surface area contributed by atoms with E-state index in [0.717, 1.165) is 18.8 Å². The fraction of sp³-hybridized carbons (Fsp3) is 0.692. The van der Waals surface area contributed by atoms with Crippen molar-refractivity contribution in [3.63, 3.8) is 0 Å². The van der Waals surface area contributed by atoms with Crippen LogP contribution in [0.25, 0.3) is 0 Å². The van der Waals surface area contributed by atoms with E-state index in [4.69, 9.17) is 4.42 Å². The summed E-state index contributed by atoms with van der Waals surface area (Å²) in [4.78, 5) is 2.55. The molecule has 2 heterocycles. The molecular weight excluding hydrogens is 200 g/mol. The molecule has 0 radical (unpaired) electrons. The Hall–Kier alpha value is -0.800. The Morgan fingerprint density at radius 1 is 1.50 bits per heavy atom. The molecule has 0 atom stereocenters. The molecule has 0 unspecified atom stereocenters. The molecular formula is C13H22N2O. The summed E-state index contributed by atoms with van der Waals surface area (Å²) in [5.41, 5.74) is 1.66. The molecule has 1 N–H and O–H groups in total. The zero-order chi connectivity index (χ0) is 11.6. The van der Waals surface area contributed by atoms with Gasteiger partial charge in [-0.15, -0.1) is 0 Å². The van der Waals surface area contributed by atoms with Gasteiger partial charge in [-0.1, -0.05) is 0 Å². The number of likely N-dealkylation sites (tertiary alicyclic amines) is 1. The second-order valence-electron chi connectivity index (χ2n) is 5.24. The van der Waals surface area contributed by atoms with Crippen LogP contribution in [0.4, 0.5) is 0 Å². The lowest BCUT2D eigenvalue weighted by Crippen LogP contribution is -2.37. The molecule has 1 fully saturated rings. The standard InChI is InChI=1S/C13H22N2O/c1-13(2)6-4-7-15(13)10-11-5-8-16-12(11)9-14-3/h5,8,14H,4,6-7,9-10H2,1-3H3. The average molecular weight is 222 g/mol. The van der Waals surface area contributed by atoms with Crippen LogP contribution >= 0.6 is 0 Å². The molecule has 1 aliphatic heterocycles. The fourth-order valence-corrected chi connectivity index (χ4v) is 2.49. The van der Waals surface area contributed by atoms with Gasteiger partial charge in [-0.2, -0.15) is 0 Å². The molecule has 2 rings (SSSR count). The van der Waals surface area contributed by atoms with E-state index in [1.807, 2.05) is 7.05 Å². The van der Waals surface area contributed by atoms with Crippen molar-refractivity contribution in [2.75, 3.05) is 13.6 Å². The van der Waals surface area contributed by atoms with Gasteiger partial charge < -0.3 is 9.73 Å². The molecule has 0 saturated carbocycles. The highest BCUT2D eigenvalue weighted by molar-refractivity contribution is 5.17. The molecule has 0 amide bonds. The van der Waals surface area contributed by atoms with Crippen molar-refractivity contribution in [2.45, 2.75) is 45.3 Å². The summed E-state index contributed by atoms with van der Waals surface area (Å²) >= 11 is 0. The summed E-state index contributed by atoms with van der Waals surface area (Å²) in [6.07, 6.45) is 4.41. The van der Waals surface area contributed by atoms with Crippen LogP contribution in [0.5, 0.6) is 0 Å². The predicted octanol–water partition coefficient (Wildman–Crippen LogP) is 2.37. The Morgan fingerprint density at radius 2 is 2.31 bits per heavy atom. The second-order valence-corrected chi connectivity index (χ2v) is 5.24. The summed E-state index contributed by atoms with van der Waals surface area (Å²) in [6.45, 7) is 7.70. The fourth-order valence-electron chi connectivity index (χ4n) is 2.49. The third-order valence-electron chi connectivity index (χ3n) is 3.61. The van der Waals surface area contributed by atoms with Gasteiger partial charge in [0.25, 0.3) is 0 Å². The second kappa shape index (κ2) is 4.60. The van der Waals surface area contributed by atoms with Crippen LogP contribution in [0.1, 0.15) is 38.0 Å². The van der Waals surface area contributed by atoms with Crippen LogP contribution in [0.3, 0.4) is 0 Å². The smallest absolute Gasteiger partial charge is 0.122 e. The zero-order valence-corrected chi connectivity index (χ0v) is 10.5. The van der Waals surface area contributed by atoms with Gasteiger partial charge in [-0.25, -0.2) is 0 Å². The van der Waals surface area contributed by atoms with Gasteiger partial charge in [0.1, 0.15) is 5.76 Å². The molecule has 1 aromatic rings. The van der Waals surface area contributed by atoms with Crippen LogP contribution in [0.2, 0.25) is 0 Å². The third kappa shape index (κ3) is 2.30. The first kappa shape index (κ1) is 11.7. The molecule has 1 saturated heterocycles. The van der Waals surface area contributed by atoms with Gasteiger partial charge >= 0.3 is 0 Å². The predicted molar refractivity (Wildman–Crippen MR) is 65.2 cm³/mol. The first-order chi connectivity index (χ1) is 7.63. The maximum atomic E-state index is 5.49. The summed E-state index contributed by atoms with van der Waals surface area (Å²) in [6, 6.07) is 2.10. The number of nitrogens with one attached hydrogen (secondary N) is 1. The molecule has 0 aromatic carbocycles.